The van der Waals surface area contributed by atoms with Crippen LogP contribution in [0.5, 0.6) is 0 Å². The summed E-state index contributed by atoms with van der Waals surface area (Å²) in [6, 6.07) is 10.5. The Morgan fingerprint density at radius 2 is 2.00 bits per heavy atom. The van der Waals surface area contributed by atoms with Crippen molar-refractivity contribution in [2.45, 2.75) is 13.0 Å². The van der Waals surface area contributed by atoms with Gasteiger partial charge < -0.3 is 9.32 Å². The Bertz CT molecular complexity index is 1120. The molecule has 0 fully saturated rings. The molecular formula is C21H16FNO3. The standard InChI is InChI=1S/C21H16FNO3/c1-3-10-23-18(13-6-4-5-7-15(13)22)17-19(24)14-11-12(2)8-9-16(14)26-20(17)21(23)25/h3-9,11,18H,1,10H2,2H3/t18-/m1/s1. The van der Waals surface area contributed by atoms with Crippen LogP contribution in [-0.2, 0) is 0 Å². The van der Waals surface area contributed by atoms with Crippen LogP contribution in [0.3, 0.4) is 0 Å². The maximum absolute atomic E-state index is 14.5. The predicted molar refractivity (Wildman–Crippen MR) is 96.7 cm³/mol. The van der Waals surface area contributed by atoms with Gasteiger partial charge in [0.1, 0.15) is 11.4 Å². The molecule has 0 aliphatic carbocycles. The monoisotopic (exact) mass is 349 g/mol. The molecule has 0 bridgehead atoms. The number of carbonyl (C=O) groups is 1. The maximum Gasteiger partial charge on any atom is 0.291 e. The van der Waals surface area contributed by atoms with E-state index in [-0.39, 0.29) is 28.9 Å². The zero-order valence-electron chi connectivity index (χ0n) is 14.2. The Hall–Kier alpha value is -3.21. The molecular weight excluding hydrogens is 333 g/mol. The Balaban J connectivity index is 2.06. The quantitative estimate of drug-likeness (QED) is 0.672. The first-order chi connectivity index (χ1) is 12.5. The SMILES string of the molecule is C=CCN1C(=O)c2oc3ccc(C)cc3c(=O)c2[C@H]1c1ccccc1F. The van der Waals surface area contributed by atoms with E-state index in [1.807, 2.05) is 13.0 Å². The van der Waals surface area contributed by atoms with E-state index >= 15 is 0 Å². The zero-order valence-corrected chi connectivity index (χ0v) is 14.2. The van der Waals surface area contributed by atoms with E-state index in [2.05, 4.69) is 6.58 Å². The summed E-state index contributed by atoms with van der Waals surface area (Å²) in [4.78, 5) is 27.5. The van der Waals surface area contributed by atoms with Gasteiger partial charge in [-0.15, -0.1) is 6.58 Å². The molecule has 1 aliphatic heterocycles. The van der Waals surface area contributed by atoms with Crippen molar-refractivity contribution < 1.29 is 13.6 Å². The molecule has 26 heavy (non-hydrogen) atoms. The second kappa shape index (κ2) is 5.95. The summed E-state index contributed by atoms with van der Waals surface area (Å²) in [5.74, 6) is -0.940. The van der Waals surface area contributed by atoms with Crippen LogP contribution >= 0.6 is 0 Å². The molecule has 0 saturated heterocycles. The van der Waals surface area contributed by atoms with Crippen LogP contribution in [0.15, 0.2) is 64.3 Å². The Morgan fingerprint density at radius 3 is 2.73 bits per heavy atom. The highest BCUT2D eigenvalue weighted by atomic mass is 19.1. The molecule has 2 heterocycles. The molecule has 0 saturated carbocycles. The second-order valence-electron chi connectivity index (χ2n) is 6.34. The number of fused-ring (bicyclic) bond motifs is 2. The number of carbonyl (C=O) groups excluding carboxylic acids is 1. The smallest absolute Gasteiger partial charge is 0.291 e. The van der Waals surface area contributed by atoms with E-state index in [1.54, 1.807) is 36.4 Å². The fourth-order valence-corrected chi connectivity index (χ4v) is 3.48. The molecule has 4 nitrogen and oxygen atoms in total. The third kappa shape index (κ3) is 2.28. The first kappa shape index (κ1) is 16.3. The van der Waals surface area contributed by atoms with E-state index in [0.717, 1.165) is 5.56 Å². The second-order valence-corrected chi connectivity index (χ2v) is 6.34. The van der Waals surface area contributed by atoms with E-state index in [9.17, 15) is 14.0 Å². The highest BCUT2D eigenvalue weighted by molar-refractivity contribution is 5.99. The van der Waals surface area contributed by atoms with E-state index < -0.39 is 17.8 Å². The van der Waals surface area contributed by atoms with Gasteiger partial charge in [-0.25, -0.2) is 4.39 Å². The summed E-state index contributed by atoms with van der Waals surface area (Å²) in [5, 5.41) is 0.387. The molecule has 0 spiro atoms. The van der Waals surface area contributed by atoms with Gasteiger partial charge in [-0.05, 0) is 25.1 Å². The number of hydrogen-bond donors (Lipinski definition) is 0. The first-order valence-electron chi connectivity index (χ1n) is 8.26. The summed E-state index contributed by atoms with van der Waals surface area (Å²) in [6.07, 6.45) is 1.55. The minimum absolute atomic E-state index is 0.0264. The van der Waals surface area contributed by atoms with Crippen LogP contribution in [0.2, 0.25) is 0 Å². The average Bonchev–Trinajstić information content (AvgIpc) is 2.89. The van der Waals surface area contributed by atoms with Crippen molar-refractivity contribution >= 4 is 16.9 Å². The Kier molecular flexibility index (Phi) is 3.72. The molecule has 3 aromatic rings. The van der Waals surface area contributed by atoms with Crippen molar-refractivity contribution in [3.05, 3.63) is 93.6 Å². The number of hydrogen-bond acceptors (Lipinski definition) is 3. The number of rotatable bonds is 3. The number of aryl methyl sites for hydroxylation is 1. The molecule has 130 valence electrons. The molecule has 1 atom stereocenters. The van der Waals surface area contributed by atoms with Crippen molar-refractivity contribution in [2.24, 2.45) is 0 Å². The number of nitrogens with zero attached hydrogens (tertiary/aromatic N) is 1. The third-order valence-corrected chi connectivity index (χ3v) is 4.65. The van der Waals surface area contributed by atoms with Crippen molar-refractivity contribution in [1.29, 1.82) is 0 Å². The van der Waals surface area contributed by atoms with Crippen LogP contribution in [0, 0.1) is 12.7 Å². The van der Waals surface area contributed by atoms with Crippen LogP contribution in [0.25, 0.3) is 11.0 Å². The van der Waals surface area contributed by atoms with Crippen LogP contribution < -0.4 is 5.43 Å². The molecule has 4 rings (SSSR count). The van der Waals surface area contributed by atoms with Gasteiger partial charge in [0.05, 0.1) is 17.0 Å². The molecule has 1 amide bonds. The fourth-order valence-electron chi connectivity index (χ4n) is 3.48. The minimum atomic E-state index is -0.835. The molecule has 0 radical (unpaired) electrons. The van der Waals surface area contributed by atoms with Gasteiger partial charge in [-0.1, -0.05) is 35.9 Å². The van der Waals surface area contributed by atoms with Gasteiger partial charge in [0.25, 0.3) is 5.91 Å². The zero-order chi connectivity index (χ0) is 18.4. The maximum atomic E-state index is 14.5. The molecule has 5 heteroatoms. The van der Waals surface area contributed by atoms with Crippen LogP contribution in [-0.4, -0.2) is 17.4 Å². The van der Waals surface area contributed by atoms with E-state index in [4.69, 9.17) is 4.42 Å². The van der Waals surface area contributed by atoms with Gasteiger partial charge in [-0.2, -0.15) is 0 Å². The first-order valence-corrected chi connectivity index (χ1v) is 8.26. The number of amides is 1. The van der Waals surface area contributed by atoms with Crippen molar-refractivity contribution in [3.63, 3.8) is 0 Å². The van der Waals surface area contributed by atoms with Crippen LogP contribution in [0.1, 0.15) is 33.3 Å². The summed E-state index contributed by atoms with van der Waals surface area (Å²) in [7, 11) is 0. The van der Waals surface area contributed by atoms with E-state index in [1.165, 1.54) is 11.0 Å². The molecule has 1 aliphatic rings. The van der Waals surface area contributed by atoms with Crippen LogP contribution in [0.4, 0.5) is 4.39 Å². The largest absolute Gasteiger partial charge is 0.450 e. The predicted octanol–water partition coefficient (Wildman–Crippen LogP) is 3.97. The summed E-state index contributed by atoms with van der Waals surface area (Å²) in [6.45, 7) is 5.71. The summed E-state index contributed by atoms with van der Waals surface area (Å²) in [5.41, 5.74) is 1.39. The topological polar surface area (TPSA) is 50.5 Å². The number of halogens is 1. The molecule has 1 aromatic heterocycles. The lowest BCUT2D eigenvalue weighted by atomic mass is 9.98. The Labute approximate surface area is 149 Å². The van der Waals surface area contributed by atoms with Gasteiger partial charge in [0.2, 0.25) is 5.76 Å². The normalized spacial score (nSPS) is 16.2. The lowest BCUT2D eigenvalue weighted by molar-refractivity contribution is 0.0746. The lowest BCUT2D eigenvalue weighted by Crippen LogP contribution is -2.30. The van der Waals surface area contributed by atoms with Crippen molar-refractivity contribution in [3.8, 4) is 0 Å². The highest BCUT2D eigenvalue weighted by Gasteiger charge is 2.43. The van der Waals surface area contributed by atoms with Crippen molar-refractivity contribution in [1.82, 2.24) is 4.90 Å². The van der Waals surface area contributed by atoms with E-state index in [0.29, 0.717) is 11.0 Å². The number of benzene rings is 2. The molecule has 2 aromatic carbocycles. The third-order valence-electron chi connectivity index (χ3n) is 4.65. The summed E-state index contributed by atoms with van der Waals surface area (Å²) < 4.78 is 20.3. The van der Waals surface area contributed by atoms with Gasteiger partial charge in [-0.3, -0.25) is 9.59 Å². The summed E-state index contributed by atoms with van der Waals surface area (Å²) >= 11 is 0. The average molecular weight is 349 g/mol. The Morgan fingerprint density at radius 1 is 1.23 bits per heavy atom. The molecule has 0 N–H and O–H groups in total. The lowest BCUT2D eigenvalue weighted by Gasteiger charge is -2.24. The van der Waals surface area contributed by atoms with Gasteiger partial charge >= 0.3 is 0 Å². The van der Waals surface area contributed by atoms with Gasteiger partial charge in [0, 0.05) is 12.1 Å². The van der Waals surface area contributed by atoms with Crippen molar-refractivity contribution in [2.75, 3.05) is 6.54 Å². The fraction of sp³-hybridized carbons (Fsp3) is 0.143. The highest BCUT2D eigenvalue weighted by Crippen LogP contribution is 2.38. The minimum Gasteiger partial charge on any atom is -0.450 e. The molecule has 0 unspecified atom stereocenters. The van der Waals surface area contributed by atoms with Gasteiger partial charge in [0.15, 0.2) is 5.43 Å².